The number of carbonyl (C=O) groups excluding carboxylic acids is 2. The second-order valence-corrected chi connectivity index (χ2v) is 6.05. The van der Waals surface area contributed by atoms with E-state index in [4.69, 9.17) is 4.74 Å². The molecule has 0 saturated carbocycles. The molecule has 0 aromatic heterocycles. The van der Waals surface area contributed by atoms with Crippen LogP contribution in [0.4, 0.5) is 5.69 Å². The average molecular weight is 338 g/mol. The number of aryl methyl sites for hydroxylation is 1. The standard InChI is InChI=1S/C20H22N2O3/c1-25-18-9-5-6-16(14-18)10-11-19(23)21-12-13-22(20(24)15-21)17-7-3-2-4-8-17/h2-9,14H,10-13,15H2,1H3. The number of carbonyl (C=O) groups is 2. The first-order valence-corrected chi connectivity index (χ1v) is 8.43. The summed E-state index contributed by atoms with van der Waals surface area (Å²) in [6.45, 7) is 1.25. The van der Waals surface area contributed by atoms with Crippen molar-refractivity contribution in [3.05, 3.63) is 60.2 Å². The molecule has 0 spiro atoms. The van der Waals surface area contributed by atoms with Crippen molar-refractivity contribution in [3.63, 3.8) is 0 Å². The number of nitrogens with zero attached hydrogens (tertiary/aromatic N) is 2. The van der Waals surface area contributed by atoms with Crippen LogP contribution >= 0.6 is 0 Å². The lowest BCUT2D eigenvalue weighted by Gasteiger charge is -2.34. The van der Waals surface area contributed by atoms with E-state index in [1.165, 1.54) is 0 Å². The van der Waals surface area contributed by atoms with Crippen molar-refractivity contribution in [3.8, 4) is 5.75 Å². The molecule has 25 heavy (non-hydrogen) atoms. The van der Waals surface area contributed by atoms with Gasteiger partial charge in [0.15, 0.2) is 0 Å². The van der Waals surface area contributed by atoms with Gasteiger partial charge in [0.2, 0.25) is 11.8 Å². The van der Waals surface area contributed by atoms with E-state index in [2.05, 4.69) is 0 Å². The minimum Gasteiger partial charge on any atom is -0.497 e. The molecule has 2 aromatic rings. The van der Waals surface area contributed by atoms with Crippen LogP contribution in [0, 0.1) is 0 Å². The molecule has 1 aliphatic heterocycles. The van der Waals surface area contributed by atoms with Crippen molar-refractivity contribution in [2.75, 3.05) is 31.6 Å². The summed E-state index contributed by atoms with van der Waals surface area (Å²) in [5.41, 5.74) is 1.94. The molecule has 0 radical (unpaired) electrons. The second-order valence-electron chi connectivity index (χ2n) is 6.05. The van der Waals surface area contributed by atoms with E-state index in [9.17, 15) is 9.59 Å². The summed E-state index contributed by atoms with van der Waals surface area (Å²) in [7, 11) is 1.63. The molecule has 5 heteroatoms. The third kappa shape index (κ3) is 4.18. The summed E-state index contributed by atoms with van der Waals surface area (Å²) in [4.78, 5) is 28.2. The van der Waals surface area contributed by atoms with Crippen molar-refractivity contribution in [2.24, 2.45) is 0 Å². The highest BCUT2D eigenvalue weighted by molar-refractivity contribution is 5.97. The number of para-hydroxylation sites is 1. The minimum atomic E-state index is -0.0350. The van der Waals surface area contributed by atoms with E-state index >= 15 is 0 Å². The number of benzene rings is 2. The van der Waals surface area contributed by atoms with Gasteiger partial charge in [-0.05, 0) is 36.2 Å². The number of rotatable bonds is 5. The molecule has 1 saturated heterocycles. The molecule has 1 aliphatic rings. The van der Waals surface area contributed by atoms with Crippen LogP contribution in [-0.4, -0.2) is 43.5 Å². The quantitative estimate of drug-likeness (QED) is 0.842. The number of ether oxygens (including phenoxy) is 1. The average Bonchev–Trinajstić information content (AvgIpc) is 2.67. The Kier molecular flexibility index (Phi) is 5.33. The van der Waals surface area contributed by atoms with Gasteiger partial charge in [0.05, 0.1) is 7.11 Å². The molecule has 5 nitrogen and oxygen atoms in total. The lowest BCUT2D eigenvalue weighted by Crippen LogP contribution is -2.52. The van der Waals surface area contributed by atoms with Gasteiger partial charge in [-0.2, -0.15) is 0 Å². The van der Waals surface area contributed by atoms with Gasteiger partial charge in [-0.1, -0.05) is 30.3 Å². The molecule has 1 fully saturated rings. The van der Waals surface area contributed by atoms with Crippen molar-refractivity contribution in [1.29, 1.82) is 0 Å². The Labute approximate surface area is 147 Å². The van der Waals surface area contributed by atoms with E-state index in [0.717, 1.165) is 17.0 Å². The molecule has 3 rings (SSSR count). The smallest absolute Gasteiger partial charge is 0.246 e. The Morgan fingerprint density at radius 3 is 2.60 bits per heavy atom. The highest BCUT2D eigenvalue weighted by Gasteiger charge is 2.27. The lowest BCUT2D eigenvalue weighted by molar-refractivity contribution is -0.136. The first-order valence-electron chi connectivity index (χ1n) is 8.43. The van der Waals surface area contributed by atoms with Gasteiger partial charge in [-0.25, -0.2) is 0 Å². The highest BCUT2D eigenvalue weighted by Crippen LogP contribution is 2.18. The molecule has 130 valence electrons. The molecule has 0 unspecified atom stereocenters. The van der Waals surface area contributed by atoms with Crippen molar-refractivity contribution >= 4 is 17.5 Å². The molecular weight excluding hydrogens is 316 g/mol. The summed E-state index contributed by atoms with van der Waals surface area (Å²) >= 11 is 0. The van der Waals surface area contributed by atoms with Crippen LogP contribution in [0.3, 0.4) is 0 Å². The summed E-state index contributed by atoms with van der Waals surface area (Å²) in [5, 5.41) is 0. The number of amides is 2. The van der Waals surface area contributed by atoms with Crippen LogP contribution in [0.1, 0.15) is 12.0 Å². The van der Waals surface area contributed by atoms with E-state index in [-0.39, 0.29) is 18.4 Å². The Morgan fingerprint density at radius 1 is 1.08 bits per heavy atom. The fourth-order valence-electron chi connectivity index (χ4n) is 3.00. The first-order chi connectivity index (χ1) is 12.2. The van der Waals surface area contributed by atoms with Crippen molar-refractivity contribution in [1.82, 2.24) is 4.90 Å². The van der Waals surface area contributed by atoms with Gasteiger partial charge < -0.3 is 14.5 Å². The monoisotopic (exact) mass is 338 g/mol. The molecule has 2 aromatic carbocycles. The normalized spacial score (nSPS) is 14.5. The van der Waals surface area contributed by atoms with Crippen LogP contribution in [-0.2, 0) is 16.0 Å². The topological polar surface area (TPSA) is 49.9 Å². The predicted molar refractivity (Wildman–Crippen MR) is 96.7 cm³/mol. The molecule has 0 bridgehead atoms. The number of anilines is 1. The largest absolute Gasteiger partial charge is 0.497 e. The molecule has 0 aliphatic carbocycles. The molecule has 2 amide bonds. The van der Waals surface area contributed by atoms with Crippen molar-refractivity contribution in [2.45, 2.75) is 12.8 Å². The zero-order valence-corrected chi connectivity index (χ0v) is 14.4. The molecule has 0 atom stereocenters. The Balaban J connectivity index is 1.55. The van der Waals surface area contributed by atoms with Crippen LogP contribution in [0.5, 0.6) is 5.75 Å². The number of methoxy groups -OCH3 is 1. The van der Waals surface area contributed by atoms with Gasteiger partial charge in [0.1, 0.15) is 12.3 Å². The maximum absolute atomic E-state index is 12.4. The number of piperazine rings is 1. The molecular formula is C20H22N2O3. The zero-order valence-electron chi connectivity index (χ0n) is 14.4. The van der Waals surface area contributed by atoms with Crippen LogP contribution in [0.25, 0.3) is 0 Å². The van der Waals surface area contributed by atoms with Crippen LogP contribution in [0.15, 0.2) is 54.6 Å². The summed E-state index contributed by atoms with van der Waals surface area (Å²) in [5.74, 6) is 0.771. The summed E-state index contributed by atoms with van der Waals surface area (Å²) < 4.78 is 5.20. The van der Waals surface area contributed by atoms with E-state index in [1.807, 2.05) is 54.6 Å². The van der Waals surface area contributed by atoms with Gasteiger partial charge >= 0.3 is 0 Å². The summed E-state index contributed by atoms with van der Waals surface area (Å²) in [6, 6.07) is 17.3. The van der Waals surface area contributed by atoms with Gasteiger partial charge in [-0.3, -0.25) is 9.59 Å². The highest BCUT2D eigenvalue weighted by atomic mass is 16.5. The third-order valence-electron chi connectivity index (χ3n) is 4.40. The summed E-state index contributed by atoms with van der Waals surface area (Å²) in [6.07, 6.45) is 1.04. The predicted octanol–water partition coefficient (Wildman–Crippen LogP) is 2.50. The van der Waals surface area contributed by atoms with E-state index in [0.29, 0.717) is 25.9 Å². The van der Waals surface area contributed by atoms with Gasteiger partial charge in [-0.15, -0.1) is 0 Å². The first kappa shape index (κ1) is 17.0. The Morgan fingerprint density at radius 2 is 1.88 bits per heavy atom. The van der Waals surface area contributed by atoms with Gasteiger partial charge in [0.25, 0.3) is 0 Å². The maximum atomic E-state index is 12.4. The van der Waals surface area contributed by atoms with Crippen LogP contribution < -0.4 is 9.64 Å². The molecule has 0 N–H and O–H groups in total. The van der Waals surface area contributed by atoms with Crippen LogP contribution in [0.2, 0.25) is 0 Å². The fraction of sp³-hybridized carbons (Fsp3) is 0.300. The number of hydrogen-bond acceptors (Lipinski definition) is 3. The van der Waals surface area contributed by atoms with E-state index in [1.54, 1.807) is 16.9 Å². The SMILES string of the molecule is COc1cccc(CCC(=O)N2CCN(c3ccccc3)C(=O)C2)c1. The third-order valence-corrected chi connectivity index (χ3v) is 4.40. The second kappa shape index (κ2) is 7.83. The number of hydrogen-bond donors (Lipinski definition) is 0. The Hall–Kier alpha value is -2.82. The molecule has 1 heterocycles. The Bertz CT molecular complexity index is 746. The minimum absolute atomic E-state index is 0.0175. The maximum Gasteiger partial charge on any atom is 0.246 e. The lowest BCUT2D eigenvalue weighted by atomic mass is 10.1. The fourth-order valence-corrected chi connectivity index (χ4v) is 3.00. The van der Waals surface area contributed by atoms with E-state index < -0.39 is 0 Å². The van der Waals surface area contributed by atoms with Crippen molar-refractivity contribution < 1.29 is 14.3 Å². The van der Waals surface area contributed by atoms with Gasteiger partial charge in [0, 0.05) is 25.2 Å². The zero-order chi connectivity index (χ0) is 17.6.